The summed E-state index contributed by atoms with van der Waals surface area (Å²) in [6, 6.07) is 0. The van der Waals surface area contributed by atoms with Crippen molar-refractivity contribution in [2.45, 2.75) is 60.3 Å². The highest BCUT2D eigenvalue weighted by Crippen LogP contribution is 2.28. The van der Waals surface area contributed by atoms with Gasteiger partial charge >= 0.3 is 0 Å². The molecule has 0 saturated heterocycles. The maximum absolute atomic E-state index is 2.37. The topological polar surface area (TPSA) is 0 Å². The Morgan fingerprint density at radius 3 is 2.09 bits per heavy atom. The van der Waals surface area contributed by atoms with Gasteiger partial charge in [-0.05, 0) is 17.8 Å². The lowest BCUT2D eigenvalue weighted by molar-refractivity contribution is 0.286. The molecule has 0 fully saturated rings. The summed E-state index contributed by atoms with van der Waals surface area (Å²) in [6.45, 7) is 11.7. The summed E-state index contributed by atoms with van der Waals surface area (Å²) in [5, 5.41) is 0. The fourth-order valence-electron chi connectivity index (χ4n) is 1.02. The van der Waals surface area contributed by atoms with E-state index >= 15 is 0 Å². The van der Waals surface area contributed by atoms with Gasteiger partial charge in [0.05, 0.1) is 0 Å². The van der Waals surface area contributed by atoms with Crippen LogP contribution in [0.25, 0.3) is 0 Å². The van der Waals surface area contributed by atoms with Crippen LogP contribution in [-0.2, 0) is 0 Å². The molecule has 0 N–H and O–H groups in total. The van der Waals surface area contributed by atoms with Crippen LogP contribution in [0, 0.1) is 11.3 Å². The molecule has 0 radical (unpaired) electrons. The van der Waals surface area contributed by atoms with Crippen molar-refractivity contribution in [3.05, 3.63) is 0 Å². The zero-order chi connectivity index (χ0) is 8.91. The Hall–Kier alpha value is 0. The van der Waals surface area contributed by atoms with E-state index in [0.29, 0.717) is 5.41 Å². The molecule has 0 aliphatic rings. The molecule has 0 aromatic carbocycles. The minimum absolute atomic E-state index is 0.573. The molecule has 0 aromatic heterocycles. The van der Waals surface area contributed by atoms with Crippen LogP contribution in [0.5, 0.6) is 0 Å². The Balaban J connectivity index is 3.52. The summed E-state index contributed by atoms with van der Waals surface area (Å²) >= 11 is 0. The van der Waals surface area contributed by atoms with E-state index in [1.54, 1.807) is 0 Å². The molecule has 0 bridgehead atoms. The normalized spacial score (nSPS) is 15.0. The quantitative estimate of drug-likeness (QED) is 0.558. The van der Waals surface area contributed by atoms with Crippen molar-refractivity contribution in [1.29, 1.82) is 0 Å². The van der Waals surface area contributed by atoms with E-state index in [1.807, 2.05) is 0 Å². The predicted molar refractivity (Wildman–Crippen MR) is 52.8 cm³/mol. The first-order valence-electron chi connectivity index (χ1n) is 5.02. The molecule has 0 aromatic rings. The summed E-state index contributed by atoms with van der Waals surface area (Å²) < 4.78 is 0. The highest BCUT2D eigenvalue weighted by atomic mass is 14.2. The monoisotopic (exact) mass is 156 g/mol. The first kappa shape index (κ1) is 11.0. The third-order valence-corrected chi connectivity index (χ3v) is 2.97. The highest BCUT2D eigenvalue weighted by Gasteiger charge is 2.15. The van der Waals surface area contributed by atoms with E-state index in [2.05, 4.69) is 34.6 Å². The zero-order valence-corrected chi connectivity index (χ0v) is 8.91. The predicted octanol–water partition coefficient (Wildman–Crippen LogP) is 4.25. The van der Waals surface area contributed by atoms with Gasteiger partial charge in [-0.2, -0.15) is 0 Å². The van der Waals surface area contributed by atoms with Gasteiger partial charge in [0.25, 0.3) is 0 Å². The lowest BCUT2D eigenvalue weighted by Gasteiger charge is -2.23. The molecule has 1 atom stereocenters. The lowest BCUT2D eigenvalue weighted by Crippen LogP contribution is -2.10. The first-order chi connectivity index (χ1) is 5.02. The number of rotatable bonds is 5. The van der Waals surface area contributed by atoms with E-state index in [-0.39, 0.29) is 0 Å². The average molecular weight is 156 g/mol. The Morgan fingerprint density at radius 2 is 1.73 bits per heavy atom. The summed E-state index contributed by atoms with van der Waals surface area (Å²) in [5.74, 6) is 0.917. The molecular formula is C11H24. The van der Waals surface area contributed by atoms with Crippen molar-refractivity contribution in [3.63, 3.8) is 0 Å². The fraction of sp³-hybridized carbons (Fsp3) is 1.00. The lowest BCUT2D eigenvalue weighted by atomic mass is 9.82. The molecule has 0 saturated carbocycles. The molecular weight excluding hydrogens is 132 g/mol. The van der Waals surface area contributed by atoms with Crippen molar-refractivity contribution in [2.75, 3.05) is 0 Å². The van der Waals surface area contributed by atoms with Gasteiger partial charge in [0.1, 0.15) is 0 Å². The van der Waals surface area contributed by atoms with Gasteiger partial charge in [-0.1, -0.05) is 53.9 Å². The highest BCUT2D eigenvalue weighted by molar-refractivity contribution is 4.67. The van der Waals surface area contributed by atoms with E-state index in [9.17, 15) is 0 Å². The minimum atomic E-state index is 0.573. The van der Waals surface area contributed by atoms with Gasteiger partial charge < -0.3 is 0 Å². The second kappa shape index (κ2) is 4.79. The van der Waals surface area contributed by atoms with Crippen LogP contribution in [0.2, 0.25) is 0 Å². The van der Waals surface area contributed by atoms with E-state index in [4.69, 9.17) is 0 Å². The van der Waals surface area contributed by atoms with Crippen molar-refractivity contribution in [3.8, 4) is 0 Å². The second-order valence-electron chi connectivity index (χ2n) is 4.57. The molecule has 68 valence electrons. The fourth-order valence-corrected chi connectivity index (χ4v) is 1.02. The Morgan fingerprint density at radius 1 is 1.18 bits per heavy atom. The first-order valence-corrected chi connectivity index (χ1v) is 5.02. The Labute approximate surface area is 72.4 Å². The molecule has 0 spiro atoms. The molecule has 0 amide bonds. The van der Waals surface area contributed by atoms with Gasteiger partial charge in [0, 0.05) is 0 Å². The standard InChI is InChI=1S/C11H24/c1-6-10(3)8-9-11(4,5)7-2/h10H,6-9H2,1-5H3. The maximum atomic E-state index is 2.37. The molecule has 0 heteroatoms. The molecule has 11 heavy (non-hydrogen) atoms. The largest absolute Gasteiger partial charge is 0.0651 e. The minimum Gasteiger partial charge on any atom is -0.0651 e. The van der Waals surface area contributed by atoms with Crippen molar-refractivity contribution in [1.82, 2.24) is 0 Å². The third kappa shape index (κ3) is 5.29. The Kier molecular flexibility index (Phi) is 4.79. The summed E-state index contributed by atoms with van der Waals surface area (Å²) in [4.78, 5) is 0. The molecule has 0 nitrogen and oxygen atoms in total. The van der Waals surface area contributed by atoms with E-state index < -0.39 is 0 Å². The second-order valence-corrected chi connectivity index (χ2v) is 4.57. The van der Waals surface area contributed by atoms with E-state index in [1.165, 1.54) is 25.7 Å². The van der Waals surface area contributed by atoms with Gasteiger partial charge in [-0.25, -0.2) is 0 Å². The molecule has 0 aliphatic carbocycles. The molecule has 1 unspecified atom stereocenters. The van der Waals surface area contributed by atoms with Gasteiger partial charge in [0.2, 0.25) is 0 Å². The van der Waals surface area contributed by atoms with Crippen LogP contribution >= 0.6 is 0 Å². The van der Waals surface area contributed by atoms with Crippen LogP contribution in [0.1, 0.15) is 60.3 Å². The van der Waals surface area contributed by atoms with Crippen LogP contribution in [0.4, 0.5) is 0 Å². The number of hydrogen-bond acceptors (Lipinski definition) is 0. The van der Waals surface area contributed by atoms with Crippen molar-refractivity contribution in [2.24, 2.45) is 11.3 Å². The smallest absolute Gasteiger partial charge is 0.0357 e. The average Bonchev–Trinajstić information content (AvgIpc) is 2.00. The summed E-state index contributed by atoms with van der Waals surface area (Å²) in [7, 11) is 0. The van der Waals surface area contributed by atoms with Gasteiger partial charge in [-0.15, -0.1) is 0 Å². The molecule has 0 rings (SSSR count). The Bertz CT molecular complexity index is 92.2. The van der Waals surface area contributed by atoms with Crippen molar-refractivity contribution >= 4 is 0 Å². The number of hydrogen-bond donors (Lipinski definition) is 0. The van der Waals surface area contributed by atoms with E-state index in [0.717, 1.165) is 5.92 Å². The van der Waals surface area contributed by atoms with Crippen LogP contribution < -0.4 is 0 Å². The van der Waals surface area contributed by atoms with Gasteiger partial charge in [0.15, 0.2) is 0 Å². The third-order valence-electron chi connectivity index (χ3n) is 2.97. The van der Waals surface area contributed by atoms with Crippen molar-refractivity contribution < 1.29 is 0 Å². The van der Waals surface area contributed by atoms with Gasteiger partial charge in [-0.3, -0.25) is 0 Å². The molecule has 0 heterocycles. The molecule has 0 aliphatic heterocycles. The summed E-state index contributed by atoms with van der Waals surface area (Å²) in [6.07, 6.45) is 5.43. The SMILES string of the molecule is CCC(C)CCC(C)(C)CC. The zero-order valence-electron chi connectivity index (χ0n) is 8.91. The summed E-state index contributed by atoms with van der Waals surface area (Å²) in [5.41, 5.74) is 0.573. The maximum Gasteiger partial charge on any atom is -0.0357 e. The van der Waals surface area contributed by atoms with Crippen LogP contribution in [0.3, 0.4) is 0 Å². The van der Waals surface area contributed by atoms with Crippen LogP contribution in [0.15, 0.2) is 0 Å². The van der Waals surface area contributed by atoms with Crippen LogP contribution in [-0.4, -0.2) is 0 Å².